The first kappa shape index (κ1) is 15.1. The molecule has 5 heteroatoms. The van der Waals surface area contributed by atoms with Crippen molar-refractivity contribution in [3.8, 4) is 0 Å². The molecule has 0 aliphatic heterocycles. The van der Waals surface area contributed by atoms with E-state index < -0.39 is 0 Å². The molecule has 0 spiro atoms. The Kier molecular flexibility index (Phi) is 5.68. The second kappa shape index (κ2) is 7.50. The number of rotatable bonds is 5. The minimum absolute atomic E-state index is 0.0398. The van der Waals surface area contributed by atoms with Crippen LogP contribution < -0.4 is 16.0 Å². The van der Waals surface area contributed by atoms with Crippen LogP contribution in [0.5, 0.6) is 0 Å². The van der Waals surface area contributed by atoms with Crippen molar-refractivity contribution in [1.82, 2.24) is 16.0 Å². The van der Waals surface area contributed by atoms with Crippen LogP contribution in [0.15, 0.2) is 4.99 Å². The molecule has 0 radical (unpaired) electrons. The maximum absolute atomic E-state index is 11.9. The van der Waals surface area contributed by atoms with Crippen LogP contribution in [0, 0.1) is 5.92 Å². The summed E-state index contributed by atoms with van der Waals surface area (Å²) in [6.45, 7) is 5.29. The van der Waals surface area contributed by atoms with Crippen LogP contribution in [0.1, 0.15) is 52.4 Å². The van der Waals surface area contributed by atoms with Gasteiger partial charge < -0.3 is 16.0 Å². The molecule has 114 valence electrons. The summed E-state index contributed by atoms with van der Waals surface area (Å²) in [5.74, 6) is 1.52. The van der Waals surface area contributed by atoms with E-state index in [9.17, 15) is 4.79 Å². The van der Waals surface area contributed by atoms with Crippen LogP contribution in [-0.2, 0) is 4.79 Å². The van der Waals surface area contributed by atoms with Gasteiger partial charge in [-0.05, 0) is 32.1 Å². The quantitative estimate of drug-likeness (QED) is 0.527. The van der Waals surface area contributed by atoms with Crippen molar-refractivity contribution in [2.45, 2.75) is 64.5 Å². The first-order chi connectivity index (χ1) is 9.69. The lowest BCUT2D eigenvalue weighted by Gasteiger charge is -2.22. The average molecular weight is 280 g/mol. The van der Waals surface area contributed by atoms with Crippen LogP contribution in [0.25, 0.3) is 0 Å². The lowest BCUT2D eigenvalue weighted by atomic mass is 9.95. The van der Waals surface area contributed by atoms with Gasteiger partial charge in [-0.2, -0.15) is 0 Å². The molecule has 2 saturated carbocycles. The number of hydrogen-bond acceptors (Lipinski definition) is 2. The van der Waals surface area contributed by atoms with Gasteiger partial charge >= 0.3 is 0 Å². The fourth-order valence-corrected chi connectivity index (χ4v) is 2.69. The van der Waals surface area contributed by atoms with Gasteiger partial charge in [-0.1, -0.05) is 26.2 Å². The van der Waals surface area contributed by atoms with E-state index in [1.165, 1.54) is 25.7 Å². The fraction of sp³-hybridized carbons (Fsp3) is 0.867. The Hall–Kier alpha value is -1.26. The van der Waals surface area contributed by atoms with Crippen LogP contribution in [0.3, 0.4) is 0 Å². The van der Waals surface area contributed by atoms with Crippen LogP contribution >= 0.6 is 0 Å². The molecular formula is C15H28N4O. The lowest BCUT2D eigenvalue weighted by molar-refractivity contribution is -0.120. The van der Waals surface area contributed by atoms with Crippen LogP contribution in [-0.4, -0.2) is 37.0 Å². The third-order valence-electron chi connectivity index (χ3n) is 4.13. The standard InChI is InChI=1S/C15H28N4O/c1-3-16-15(19-13-9-11(13)2)17-10-14(20)18-12-7-5-4-6-8-12/h11-13H,3-10H2,1-2H3,(H,18,20)(H2,16,17,19). The molecule has 2 aliphatic carbocycles. The van der Waals surface area contributed by atoms with E-state index in [1.807, 2.05) is 6.92 Å². The predicted molar refractivity (Wildman–Crippen MR) is 81.7 cm³/mol. The molecule has 0 saturated heterocycles. The van der Waals surface area contributed by atoms with Gasteiger partial charge in [-0.3, -0.25) is 4.79 Å². The van der Waals surface area contributed by atoms with Crippen molar-refractivity contribution in [3.63, 3.8) is 0 Å². The minimum Gasteiger partial charge on any atom is -0.357 e. The maximum atomic E-state index is 11.9. The van der Waals surface area contributed by atoms with E-state index in [1.54, 1.807) is 0 Å². The summed E-state index contributed by atoms with van der Waals surface area (Å²) in [4.78, 5) is 16.3. The summed E-state index contributed by atoms with van der Waals surface area (Å²) in [7, 11) is 0. The van der Waals surface area contributed by atoms with Gasteiger partial charge in [-0.25, -0.2) is 4.99 Å². The van der Waals surface area contributed by atoms with Gasteiger partial charge in [0.05, 0.1) is 0 Å². The monoisotopic (exact) mass is 280 g/mol. The smallest absolute Gasteiger partial charge is 0.242 e. The maximum Gasteiger partial charge on any atom is 0.242 e. The summed E-state index contributed by atoms with van der Waals surface area (Å²) in [5.41, 5.74) is 0. The zero-order valence-corrected chi connectivity index (χ0v) is 12.7. The second-order valence-electron chi connectivity index (χ2n) is 6.06. The minimum atomic E-state index is 0.0398. The molecule has 0 bridgehead atoms. The lowest BCUT2D eigenvalue weighted by Crippen LogP contribution is -2.41. The zero-order valence-electron chi connectivity index (χ0n) is 12.7. The summed E-state index contributed by atoms with van der Waals surface area (Å²) in [5, 5.41) is 9.64. The molecule has 0 aromatic heterocycles. The summed E-state index contributed by atoms with van der Waals surface area (Å²) in [6.07, 6.45) is 7.20. The van der Waals surface area contributed by atoms with Gasteiger partial charge in [0, 0.05) is 18.6 Å². The van der Waals surface area contributed by atoms with Crippen molar-refractivity contribution in [3.05, 3.63) is 0 Å². The van der Waals surface area contributed by atoms with Gasteiger partial charge in [-0.15, -0.1) is 0 Å². The highest BCUT2D eigenvalue weighted by Gasteiger charge is 2.33. The highest BCUT2D eigenvalue weighted by molar-refractivity contribution is 5.85. The third kappa shape index (κ3) is 5.02. The van der Waals surface area contributed by atoms with E-state index >= 15 is 0 Å². The average Bonchev–Trinajstić information content (AvgIpc) is 3.13. The van der Waals surface area contributed by atoms with Crippen LogP contribution in [0.4, 0.5) is 0 Å². The molecule has 5 nitrogen and oxygen atoms in total. The zero-order chi connectivity index (χ0) is 14.4. The molecule has 2 atom stereocenters. The van der Waals surface area contributed by atoms with Gasteiger partial charge in [0.1, 0.15) is 6.54 Å². The highest BCUT2D eigenvalue weighted by atomic mass is 16.1. The molecule has 1 amide bonds. The number of carbonyl (C=O) groups is 1. The predicted octanol–water partition coefficient (Wildman–Crippen LogP) is 1.40. The number of carbonyl (C=O) groups excluding carboxylic acids is 1. The Morgan fingerprint density at radius 2 is 1.90 bits per heavy atom. The van der Waals surface area contributed by atoms with E-state index in [4.69, 9.17) is 0 Å². The van der Waals surface area contributed by atoms with E-state index in [2.05, 4.69) is 27.9 Å². The van der Waals surface area contributed by atoms with Crippen molar-refractivity contribution in [2.75, 3.05) is 13.1 Å². The topological polar surface area (TPSA) is 65.5 Å². The van der Waals surface area contributed by atoms with E-state index in [0.29, 0.717) is 12.1 Å². The number of hydrogen-bond donors (Lipinski definition) is 3. The summed E-state index contributed by atoms with van der Waals surface area (Å²) < 4.78 is 0. The Balaban J connectivity index is 1.73. The van der Waals surface area contributed by atoms with Crippen LogP contribution in [0.2, 0.25) is 0 Å². The van der Waals surface area contributed by atoms with Gasteiger partial charge in [0.2, 0.25) is 5.91 Å². The Morgan fingerprint density at radius 1 is 1.20 bits per heavy atom. The fourth-order valence-electron chi connectivity index (χ4n) is 2.69. The summed E-state index contributed by atoms with van der Waals surface area (Å²) >= 11 is 0. The van der Waals surface area contributed by atoms with Crippen molar-refractivity contribution >= 4 is 11.9 Å². The van der Waals surface area contributed by atoms with Gasteiger partial charge in [0.15, 0.2) is 5.96 Å². The molecule has 2 fully saturated rings. The first-order valence-corrected chi connectivity index (χ1v) is 8.03. The molecular weight excluding hydrogens is 252 g/mol. The summed E-state index contributed by atoms with van der Waals surface area (Å²) in [6, 6.07) is 0.889. The number of aliphatic imine (C=N–C) groups is 1. The molecule has 2 unspecified atom stereocenters. The Bertz CT molecular complexity index is 350. The van der Waals surface area contributed by atoms with Crippen molar-refractivity contribution < 1.29 is 4.79 Å². The Morgan fingerprint density at radius 3 is 2.50 bits per heavy atom. The SMILES string of the molecule is CCNC(=NCC(=O)NC1CCCCC1)NC1CC1C. The van der Waals surface area contributed by atoms with E-state index in [0.717, 1.165) is 31.3 Å². The largest absolute Gasteiger partial charge is 0.357 e. The Labute approximate surface area is 122 Å². The highest BCUT2D eigenvalue weighted by Crippen LogP contribution is 2.28. The first-order valence-electron chi connectivity index (χ1n) is 8.03. The van der Waals surface area contributed by atoms with Crippen molar-refractivity contribution in [1.29, 1.82) is 0 Å². The molecule has 2 rings (SSSR count). The number of amides is 1. The molecule has 0 aromatic rings. The van der Waals surface area contributed by atoms with E-state index in [-0.39, 0.29) is 12.5 Å². The molecule has 20 heavy (non-hydrogen) atoms. The van der Waals surface area contributed by atoms with Crippen molar-refractivity contribution in [2.24, 2.45) is 10.9 Å². The molecule has 0 heterocycles. The van der Waals surface area contributed by atoms with Gasteiger partial charge in [0.25, 0.3) is 0 Å². The third-order valence-corrected chi connectivity index (χ3v) is 4.13. The number of nitrogens with zero attached hydrogens (tertiary/aromatic N) is 1. The number of guanidine groups is 1. The molecule has 2 aliphatic rings. The molecule has 3 N–H and O–H groups in total. The normalized spacial score (nSPS) is 27.0. The number of nitrogens with one attached hydrogen (secondary N) is 3. The second-order valence-corrected chi connectivity index (χ2v) is 6.06. The molecule has 0 aromatic carbocycles.